The number of ether oxygens (including phenoxy) is 1. The second-order valence-corrected chi connectivity index (χ2v) is 5.35. The third-order valence-electron chi connectivity index (χ3n) is 3.34. The molecule has 2 aromatic rings. The van der Waals surface area contributed by atoms with Crippen LogP contribution in [-0.2, 0) is 11.3 Å². The molecular weight excluding hydrogens is 308 g/mol. The zero-order valence-corrected chi connectivity index (χ0v) is 14.1. The first-order valence-electron chi connectivity index (χ1n) is 7.78. The van der Waals surface area contributed by atoms with Crippen LogP contribution < -0.4 is 10.2 Å². The van der Waals surface area contributed by atoms with E-state index in [4.69, 9.17) is 4.74 Å². The van der Waals surface area contributed by atoms with Gasteiger partial charge in [-0.15, -0.1) is 0 Å². The lowest BCUT2D eigenvalue weighted by Gasteiger charge is -2.06. The SMILES string of the molecule is CCOc1cc(/C=N\NC(=O)CCn2nc(C)cc2C)ccc1O. The largest absolute Gasteiger partial charge is 0.504 e. The molecule has 2 rings (SSSR count). The number of benzene rings is 1. The summed E-state index contributed by atoms with van der Waals surface area (Å²) in [6.45, 7) is 6.67. The van der Waals surface area contributed by atoms with Gasteiger partial charge in [-0.1, -0.05) is 0 Å². The summed E-state index contributed by atoms with van der Waals surface area (Å²) in [5, 5.41) is 17.9. The van der Waals surface area contributed by atoms with Gasteiger partial charge in [0.1, 0.15) is 0 Å². The molecule has 0 saturated carbocycles. The molecule has 1 amide bonds. The maximum absolute atomic E-state index is 11.8. The number of phenols is 1. The fraction of sp³-hybridized carbons (Fsp3) is 0.353. The lowest BCUT2D eigenvalue weighted by molar-refractivity contribution is -0.121. The van der Waals surface area contributed by atoms with Gasteiger partial charge in [-0.25, -0.2) is 5.43 Å². The second kappa shape index (κ2) is 8.14. The molecule has 0 saturated heterocycles. The Morgan fingerprint density at radius 3 is 2.88 bits per heavy atom. The van der Waals surface area contributed by atoms with Gasteiger partial charge in [-0.3, -0.25) is 9.48 Å². The summed E-state index contributed by atoms with van der Waals surface area (Å²) in [5.74, 6) is 0.267. The molecule has 1 aromatic heterocycles. The quantitative estimate of drug-likeness (QED) is 0.601. The van der Waals surface area contributed by atoms with Crippen LogP contribution in [0.3, 0.4) is 0 Å². The molecule has 0 bridgehead atoms. The molecule has 0 atom stereocenters. The standard InChI is InChI=1S/C17H22N4O3/c1-4-24-16-10-14(5-6-15(16)22)11-18-19-17(23)7-8-21-13(3)9-12(2)20-21/h5-6,9-11,22H,4,7-8H2,1-3H3,(H,19,23)/b18-11-. The van der Waals surface area contributed by atoms with Crippen LogP contribution in [0.1, 0.15) is 30.3 Å². The van der Waals surface area contributed by atoms with E-state index in [1.807, 2.05) is 26.8 Å². The number of carbonyl (C=O) groups excluding carboxylic acids is 1. The normalized spacial score (nSPS) is 11.0. The third kappa shape index (κ3) is 4.84. The summed E-state index contributed by atoms with van der Waals surface area (Å²) in [4.78, 5) is 11.8. The van der Waals surface area contributed by atoms with Crippen LogP contribution in [-0.4, -0.2) is 33.6 Å². The number of aromatic nitrogens is 2. The highest BCUT2D eigenvalue weighted by Gasteiger charge is 2.05. The Kier molecular flexibility index (Phi) is 5.95. The molecule has 0 radical (unpaired) electrons. The summed E-state index contributed by atoms with van der Waals surface area (Å²) in [6.07, 6.45) is 1.79. The van der Waals surface area contributed by atoms with E-state index < -0.39 is 0 Å². The number of nitrogens with zero attached hydrogens (tertiary/aromatic N) is 3. The average molecular weight is 330 g/mol. The molecule has 0 unspecified atom stereocenters. The Morgan fingerprint density at radius 2 is 2.21 bits per heavy atom. The van der Waals surface area contributed by atoms with Crippen molar-refractivity contribution < 1.29 is 14.6 Å². The van der Waals surface area contributed by atoms with Gasteiger partial charge in [0.2, 0.25) is 5.91 Å². The van der Waals surface area contributed by atoms with Gasteiger partial charge in [0.25, 0.3) is 0 Å². The van der Waals surface area contributed by atoms with Crippen LogP contribution in [0.4, 0.5) is 0 Å². The molecule has 0 aliphatic carbocycles. The van der Waals surface area contributed by atoms with Gasteiger partial charge in [0.15, 0.2) is 11.5 Å². The minimum absolute atomic E-state index is 0.0721. The molecule has 24 heavy (non-hydrogen) atoms. The van der Waals surface area contributed by atoms with E-state index in [0.717, 1.165) is 17.0 Å². The third-order valence-corrected chi connectivity index (χ3v) is 3.34. The lowest BCUT2D eigenvalue weighted by atomic mass is 10.2. The summed E-state index contributed by atoms with van der Waals surface area (Å²) in [5.41, 5.74) is 5.16. The van der Waals surface area contributed by atoms with Crippen molar-refractivity contribution in [2.75, 3.05) is 6.61 Å². The van der Waals surface area contributed by atoms with E-state index in [0.29, 0.717) is 25.3 Å². The van der Waals surface area contributed by atoms with Crippen molar-refractivity contribution in [3.63, 3.8) is 0 Å². The summed E-state index contributed by atoms with van der Waals surface area (Å²) in [7, 11) is 0. The molecule has 1 aromatic carbocycles. The van der Waals surface area contributed by atoms with Gasteiger partial charge in [-0.2, -0.15) is 10.2 Å². The monoisotopic (exact) mass is 330 g/mol. The van der Waals surface area contributed by atoms with E-state index in [2.05, 4.69) is 15.6 Å². The first-order valence-corrected chi connectivity index (χ1v) is 7.78. The molecule has 7 nitrogen and oxygen atoms in total. The number of carbonyl (C=O) groups is 1. The molecule has 1 heterocycles. The molecule has 0 fully saturated rings. The van der Waals surface area contributed by atoms with Crippen molar-refractivity contribution in [2.45, 2.75) is 33.7 Å². The Labute approximate surface area is 140 Å². The molecule has 0 aliphatic heterocycles. The molecule has 2 N–H and O–H groups in total. The second-order valence-electron chi connectivity index (χ2n) is 5.35. The van der Waals surface area contributed by atoms with Crippen LogP contribution in [0, 0.1) is 13.8 Å². The minimum Gasteiger partial charge on any atom is -0.504 e. The number of aryl methyl sites for hydroxylation is 3. The molecule has 7 heteroatoms. The number of hydrogen-bond acceptors (Lipinski definition) is 5. The van der Waals surface area contributed by atoms with E-state index in [1.165, 1.54) is 12.3 Å². The van der Waals surface area contributed by atoms with Crippen molar-refractivity contribution >= 4 is 12.1 Å². The van der Waals surface area contributed by atoms with Gasteiger partial charge < -0.3 is 9.84 Å². The lowest BCUT2D eigenvalue weighted by Crippen LogP contribution is -2.20. The van der Waals surface area contributed by atoms with Gasteiger partial charge in [0.05, 0.1) is 25.1 Å². The van der Waals surface area contributed by atoms with Crippen molar-refractivity contribution in [2.24, 2.45) is 5.10 Å². The first-order chi connectivity index (χ1) is 11.5. The first kappa shape index (κ1) is 17.5. The molecule has 128 valence electrons. The summed E-state index contributed by atoms with van der Waals surface area (Å²) < 4.78 is 7.10. The minimum atomic E-state index is -0.192. The Morgan fingerprint density at radius 1 is 1.42 bits per heavy atom. The van der Waals surface area contributed by atoms with Crippen LogP contribution in [0.25, 0.3) is 0 Å². The van der Waals surface area contributed by atoms with Gasteiger partial charge in [0, 0.05) is 12.1 Å². The maximum atomic E-state index is 11.8. The maximum Gasteiger partial charge on any atom is 0.241 e. The Balaban J connectivity index is 1.86. The van der Waals surface area contributed by atoms with Crippen LogP contribution >= 0.6 is 0 Å². The van der Waals surface area contributed by atoms with Crippen LogP contribution in [0.5, 0.6) is 11.5 Å². The summed E-state index contributed by atoms with van der Waals surface area (Å²) >= 11 is 0. The Bertz CT molecular complexity index is 737. The molecular formula is C17H22N4O3. The van der Waals surface area contributed by atoms with Crippen molar-refractivity contribution in [1.82, 2.24) is 15.2 Å². The fourth-order valence-electron chi connectivity index (χ4n) is 2.23. The van der Waals surface area contributed by atoms with E-state index in [-0.39, 0.29) is 11.7 Å². The topological polar surface area (TPSA) is 88.7 Å². The van der Waals surface area contributed by atoms with E-state index >= 15 is 0 Å². The van der Waals surface area contributed by atoms with Gasteiger partial charge >= 0.3 is 0 Å². The highest BCUT2D eigenvalue weighted by Crippen LogP contribution is 2.26. The number of rotatable bonds is 7. The number of amides is 1. The van der Waals surface area contributed by atoms with Gasteiger partial charge in [-0.05, 0) is 50.6 Å². The predicted octanol–water partition coefficient (Wildman–Crippen LogP) is 2.14. The van der Waals surface area contributed by atoms with Crippen molar-refractivity contribution in [3.8, 4) is 11.5 Å². The number of hydrogen-bond donors (Lipinski definition) is 2. The van der Waals surface area contributed by atoms with Crippen molar-refractivity contribution in [1.29, 1.82) is 0 Å². The highest BCUT2D eigenvalue weighted by molar-refractivity contribution is 5.83. The number of hydrazone groups is 1. The van der Waals surface area contributed by atoms with Crippen LogP contribution in [0.15, 0.2) is 29.4 Å². The number of aromatic hydroxyl groups is 1. The smallest absolute Gasteiger partial charge is 0.241 e. The predicted molar refractivity (Wildman–Crippen MR) is 91.3 cm³/mol. The molecule has 0 spiro atoms. The number of phenolic OH excluding ortho intramolecular Hbond substituents is 1. The average Bonchev–Trinajstić information content (AvgIpc) is 2.86. The molecule has 0 aliphatic rings. The number of nitrogens with one attached hydrogen (secondary N) is 1. The highest BCUT2D eigenvalue weighted by atomic mass is 16.5. The van der Waals surface area contributed by atoms with E-state index in [1.54, 1.807) is 16.8 Å². The fourth-order valence-corrected chi connectivity index (χ4v) is 2.23. The zero-order valence-electron chi connectivity index (χ0n) is 14.1. The van der Waals surface area contributed by atoms with Crippen molar-refractivity contribution in [3.05, 3.63) is 41.2 Å². The van der Waals surface area contributed by atoms with Crippen LogP contribution in [0.2, 0.25) is 0 Å². The van der Waals surface area contributed by atoms with E-state index in [9.17, 15) is 9.90 Å². The Hall–Kier alpha value is -2.83. The zero-order chi connectivity index (χ0) is 17.5. The summed E-state index contributed by atoms with van der Waals surface area (Å²) in [6, 6.07) is 6.83.